The smallest absolute Gasteiger partial charge is 0.223 e. The van der Waals surface area contributed by atoms with Crippen LogP contribution in [0.15, 0.2) is 40.8 Å². The average molecular weight is 258 g/mol. The van der Waals surface area contributed by atoms with Crippen molar-refractivity contribution in [3.63, 3.8) is 0 Å². The van der Waals surface area contributed by atoms with Gasteiger partial charge in [-0.05, 0) is 25.1 Å². The number of benzene rings is 1. The Labute approximate surface area is 107 Å². The minimum atomic E-state index is -0.359. The highest BCUT2D eigenvalue weighted by atomic mass is 32.1. The number of aromatic hydroxyl groups is 1. The van der Waals surface area contributed by atoms with Gasteiger partial charge >= 0.3 is 0 Å². The summed E-state index contributed by atoms with van der Waals surface area (Å²) in [5.41, 5.74) is 3.82. The molecule has 0 fully saturated rings. The van der Waals surface area contributed by atoms with Crippen LogP contribution in [-0.4, -0.2) is 14.7 Å². The SMILES string of the molecule is Cc1c(O)c(=O)ccn1-c1ccc2ncsc2c1. The van der Waals surface area contributed by atoms with Crippen molar-refractivity contribution in [2.45, 2.75) is 6.92 Å². The molecular weight excluding hydrogens is 248 g/mol. The van der Waals surface area contributed by atoms with E-state index in [-0.39, 0.29) is 11.2 Å². The second-order valence-electron chi connectivity index (χ2n) is 3.99. The highest BCUT2D eigenvalue weighted by Crippen LogP contribution is 2.23. The van der Waals surface area contributed by atoms with Gasteiger partial charge in [0.05, 0.1) is 21.4 Å². The molecule has 0 bridgehead atoms. The lowest BCUT2D eigenvalue weighted by atomic mass is 10.2. The van der Waals surface area contributed by atoms with E-state index in [9.17, 15) is 9.90 Å². The molecule has 90 valence electrons. The van der Waals surface area contributed by atoms with Gasteiger partial charge in [-0.25, -0.2) is 4.98 Å². The summed E-state index contributed by atoms with van der Waals surface area (Å²) in [6, 6.07) is 7.19. The van der Waals surface area contributed by atoms with Crippen molar-refractivity contribution in [2.75, 3.05) is 0 Å². The molecule has 0 atom stereocenters. The number of fused-ring (bicyclic) bond motifs is 1. The fourth-order valence-corrected chi connectivity index (χ4v) is 2.61. The van der Waals surface area contributed by atoms with E-state index >= 15 is 0 Å². The lowest BCUT2D eigenvalue weighted by molar-refractivity contribution is 0.459. The summed E-state index contributed by atoms with van der Waals surface area (Å²) in [5.74, 6) is -0.207. The molecule has 3 aromatic rings. The highest BCUT2D eigenvalue weighted by Gasteiger charge is 2.07. The first-order valence-electron chi connectivity index (χ1n) is 5.41. The molecule has 0 aliphatic heterocycles. The van der Waals surface area contributed by atoms with Gasteiger partial charge < -0.3 is 9.67 Å². The van der Waals surface area contributed by atoms with Gasteiger partial charge in [0.2, 0.25) is 5.43 Å². The molecule has 3 rings (SSSR count). The third-order valence-electron chi connectivity index (χ3n) is 2.91. The topological polar surface area (TPSA) is 55.1 Å². The summed E-state index contributed by atoms with van der Waals surface area (Å²) in [4.78, 5) is 15.5. The zero-order valence-electron chi connectivity index (χ0n) is 9.62. The molecule has 0 amide bonds. The summed E-state index contributed by atoms with van der Waals surface area (Å²) >= 11 is 1.56. The Kier molecular flexibility index (Phi) is 2.41. The van der Waals surface area contributed by atoms with Crippen molar-refractivity contribution < 1.29 is 5.11 Å². The molecule has 0 saturated heterocycles. The number of hydrogen-bond acceptors (Lipinski definition) is 4. The molecule has 5 heteroatoms. The summed E-state index contributed by atoms with van der Waals surface area (Å²) in [6.07, 6.45) is 1.67. The van der Waals surface area contributed by atoms with Crippen LogP contribution in [0.5, 0.6) is 5.75 Å². The monoisotopic (exact) mass is 258 g/mol. The number of thiazole rings is 1. The number of rotatable bonds is 1. The van der Waals surface area contributed by atoms with Crippen LogP contribution < -0.4 is 5.43 Å². The van der Waals surface area contributed by atoms with Crippen LogP contribution in [0.3, 0.4) is 0 Å². The van der Waals surface area contributed by atoms with Gasteiger partial charge in [0.15, 0.2) is 5.75 Å². The van der Waals surface area contributed by atoms with E-state index in [0.29, 0.717) is 5.69 Å². The Balaban J connectivity index is 2.25. The summed E-state index contributed by atoms with van der Waals surface area (Å²) in [5, 5.41) is 9.68. The molecule has 2 heterocycles. The van der Waals surface area contributed by atoms with Crippen molar-refractivity contribution in [1.82, 2.24) is 9.55 Å². The van der Waals surface area contributed by atoms with E-state index in [1.807, 2.05) is 18.2 Å². The highest BCUT2D eigenvalue weighted by molar-refractivity contribution is 7.16. The molecule has 2 aromatic heterocycles. The van der Waals surface area contributed by atoms with Crippen LogP contribution in [0.1, 0.15) is 5.69 Å². The van der Waals surface area contributed by atoms with Gasteiger partial charge in [0, 0.05) is 18.0 Å². The van der Waals surface area contributed by atoms with E-state index in [4.69, 9.17) is 0 Å². The molecule has 1 aromatic carbocycles. The van der Waals surface area contributed by atoms with Crippen LogP contribution in [-0.2, 0) is 0 Å². The Morgan fingerprint density at radius 3 is 3.00 bits per heavy atom. The predicted octanol–water partition coefficient (Wildman–Crippen LogP) is 2.46. The lowest BCUT2D eigenvalue weighted by Gasteiger charge is -2.11. The molecule has 4 nitrogen and oxygen atoms in total. The van der Waals surface area contributed by atoms with Gasteiger partial charge in [-0.2, -0.15) is 0 Å². The molecule has 1 N–H and O–H groups in total. The maximum Gasteiger partial charge on any atom is 0.223 e. The normalized spacial score (nSPS) is 10.9. The third kappa shape index (κ3) is 1.60. The Bertz CT molecular complexity index is 789. The fourth-order valence-electron chi connectivity index (χ4n) is 1.90. The van der Waals surface area contributed by atoms with Crippen LogP contribution in [0.2, 0.25) is 0 Å². The second kappa shape index (κ2) is 3.96. The summed E-state index contributed by atoms with van der Waals surface area (Å²) in [6.45, 7) is 1.72. The summed E-state index contributed by atoms with van der Waals surface area (Å²) < 4.78 is 2.86. The first-order chi connectivity index (χ1) is 8.66. The van der Waals surface area contributed by atoms with Crippen LogP contribution in [0.25, 0.3) is 15.9 Å². The van der Waals surface area contributed by atoms with Crippen molar-refractivity contribution in [3.8, 4) is 11.4 Å². The first kappa shape index (κ1) is 11.0. The molecule has 0 saturated carbocycles. The van der Waals surface area contributed by atoms with Crippen molar-refractivity contribution in [3.05, 3.63) is 51.9 Å². The minimum Gasteiger partial charge on any atom is -0.503 e. The molecule has 0 unspecified atom stereocenters. The average Bonchev–Trinajstić information content (AvgIpc) is 2.83. The van der Waals surface area contributed by atoms with Crippen LogP contribution in [0.4, 0.5) is 0 Å². The molecular formula is C13H10N2O2S. The molecule has 0 aliphatic rings. The third-order valence-corrected chi connectivity index (χ3v) is 3.70. The van der Waals surface area contributed by atoms with E-state index in [0.717, 1.165) is 15.9 Å². The van der Waals surface area contributed by atoms with Gasteiger partial charge in [0.1, 0.15) is 0 Å². The Morgan fingerprint density at radius 2 is 2.17 bits per heavy atom. The number of aromatic nitrogens is 2. The second-order valence-corrected chi connectivity index (χ2v) is 4.87. The Hall–Kier alpha value is -2.14. The van der Waals surface area contributed by atoms with E-state index in [2.05, 4.69) is 4.98 Å². The maximum atomic E-state index is 11.3. The van der Waals surface area contributed by atoms with Gasteiger partial charge in [-0.1, -0.05) is 0 Å². The Morgan fingerprint density at radius 1 is 1.33 bits per heavy atom. The molecule has 0 radical (unpaired) electrons. The number of pyridine rings is 1. The molecule has 18 heavy (non-hydrogen) atoms. The lowest BCUT2D eigenvalue weighted by Crippen LogP contribution is -2.08. The van der Waals surface area contributed by atoms with Crippen molar-refractivity contribution in [2.24, 2.45) is 0 Å². The van der Waals surface area contributed by atoms with E-state index < -0.39 is 0 Å². The maximum absolute atomic E-state index is 11.3. The van der Waals surface area contributed by atoms with Crippen LogP contribution in [0, 0.1) is 6.92 Å². The number of hydrogen-bond donors (Lipinski definition) is 1. The van der Waals surface area contributed by atoms with Gasteiger partial charge in [-0.15, -0.1) is 11.3 Å². The molecule has 0 aliphatic carbocycles. The van der Waals surface area contributed by atoms with Gasteiger partial charge in [-0.3, -0.25) is 4.79 Å². The zero-order chi connectivity index (χ0) is 12.7. The summed E-state index contributed by atoms with van der Waals surface area (Å²) in [7, 11) is 0. The van der Waals surface area contributed by atoms with E-state index in [1.54, 1.807) is 34.5 Å². The minimum absolute atomic E-state index is 0.207. The van der Waals surface area contributed by atoms with Crippen molar-refractivity contribution >= 4 is 21.6 Å². The van der Waals surface area contributed by atoms with Crippen molar-refractivity contribution in [1.29, 1.82) is 0 Å². The molecule has 0 spiro atoms. The fraction of sp³-hybridized carbons (Fsp3) is 0.0769. The number of nitrogens with zero attached hydrogens (tertiary/aromatic N) is 2. The quantitative estimate of drug-likeness (QED) is 0.729. The largest absolute Gasteiger partial charge is 0.503 e. The zero-order valence-corrected chi connectivity index (χ0v) is 10.4. The first-order valence-corrected chi connectivity index (χ1v) is 6.29. The van der Waals surface area contributed by atoms with Crippen LogP contribution >= 0.6 is 11.3 Å². The predicted molar refractivity (Wildman–Crippen MR) is 71.6 cm³/mol. The van der Waals surface area contributed by atoms with E-state index in [1.165, 1.54) is 6.07 Å². The standard InChI is InChI=1S/C13H10N2O2S/c1-8-13(17)11(16)4-5-15(8)9-2-3-10-12(6-9)18-7-14-10/h2-7,17H,1H3. The van der Waals surface area contributed by atoms with Gasteiger partial charge in [0.25, 0.3) is 0 Å².